The van der Waals surface area contributed by atoms with Crippen LogP contribution in [0.5, 0.6) is 0 Å². The van der Waals surface area contributed by atoms with Crippen molar-refractivity contribution in [2.45, 2.75) is 129 Å². The van der Waals surface area contributed by atoms with E-state index in [1.165, 1.54) is 95.5 Å². The maximum atomic E-state index is 10.2. The first-order valence-electron chi connectivity index (χ1n) is 13.7. The second-order valence-corrected chi connectivity index (χ2v) is 10.4. The van der Waals surface area contributed by atoms with Crippen LogP contribution >= 0.6 is 0 Å². The van der Waals surface area contributed by atoms with Gasteiger partial charge in [-0.05, 0) is 26.7 Å². The van der Waals surface area contributed by atoms with E-state index >= 15 is 0 Å². The summed E-state index contributed by atoms with van der Waals surface area (Å²) < 4.78 is 0.775. The number of quaternary nitrogens is 1. The molecule has 0 aliphatic rings. The minimum atomic E-state index is -0.357. The van der Waals surface area contributed by atoms with Gasteiger partial charge in [0.15, 0.2) is 0 Å². The van der Waals surface area contributed by atoms with E-state index in [1.54, 1.807) is 0 Å². The Morgan fingerprint density at radius 1 is 0.625 bits per heavy atom. The summed E-state index contributed by atoms with van der Waals surface area (Å²) in [5.41, 5.74) is 1.29. The zero-order valence-electron chi connectivity index (χ0n) is 21.6. The lowest BCUT2D eigenvalue weighted by atomic mass is 10.0. The molecule has 0 saturated heterocycles. The van der Waals surface area contributed by atoms with Crippen molar-refractivity contribution in [3.05, 3.63) is 35.9 Å². The van der Waals surface area contributed by atoms with E-state index in [0.717, 1.165) is 17.6 Å². The minimum Gasteiger partial charge on any atom is -0.388 e. The van der Waals surface area contributed by atoms with Gasteiger partial charge in [-0.3, -0.25) is 0 Å². The van der Waals surface area contributed by atoms with Gasteiger partial charge in [-0.15, -0.1) is 0 Å². The number of aliphatic hydroxyl groups excluding tert-OH is 2. The molecule has 2 unspecified atom stereocenters. The van der Waals surface area contributed by atoms with Crippen LogP contribution in [-0.4, -0.2) is 46.5 Å². The molecule has 1 rings (SSSR count). The molecule has 0 amide bonds. The van der Waals surface area contributed by atoms with Gasteiger partial charge in [0, 0.05) is 5.56 Å². The molecule has 32 heavy (non-hydrogen) atoms. The fourth-order valence-corrected chi connectivity index (χ4v) is 5.20. The Hall–Kier alpha value is -0.900. The zero-order chi connectivity index (χ0) is 23.5. The van der Waals surface area contributed by atoms with Gasteiger partial charge in [-0.1, -0.05) is 114 Å². The van der Waals surface area contributed by atoms with E-state index in [0.29, 0.717) is 13.1 Å². The molecule has 1 aromatic rings. The highest BCUT2D eigenvalue weighted by Gasteiger charge is 2.30. The molecule has 0 bridgehead atoms. The molecule has 0 fully saturated rings. The Labute approximate surface area is 199 Å². The number of rotatable bonds is 21. The summed E-state index contributed by atoms with van der Waals surface area (Å²) in [6, 6.07) is 10.6. The normalized spacial score (nSPS) is 15.4. The quantitative estimate of drug-likeness (QED) is 0.154. The molecule has 0 saturated carbocycles. The highest BCUT2D eigenvalue weighted by atomic mass is 16.3. The SMILES string of the molecule is CCCCCCCCCCCCCCCC[N+](Cc1ccccc1)(CC(C)O)CC(C)O. The minimum absolute atomic E-state index is 0.357. The Kier molecular flexibility index (Phi) is 16.9. The van der Waals surface area contributed by atoms with Crippen molar-refractivity contribution < 1.29 is 14.7 Å². The maximum Gasteiger partial charge on any atom is 0.105 e. The van der Waals surface area contributed by atoms with Crippen molar-refractivity contribution in [1.82, 2.24) is 0 Å². The molecule has 0 spiro atoms. The van der Waals surface area contributed by atoms with Crippen LogP contribution in [0.1, 0.15) is 116 Å². The van der Waals surface area contributed by atoms with E-state index in [2.05, 4.69) is 37.3 Å². The predicted octanol–water partition coefficient (Wildman–Crippen LogP) is 7.25. The summed E-state index contributed by atoms with van der Waals surface area (Å²) in [5, 5.41) is 20.4. The van der Waals surface area contributed by atoms with Crippen molar-refractivity contribution in [1.29, 1.82) is 0 Å². The van der Waals surface area contributed by atoms with Crippen molar-refractivity contribution in [3.8, 4) is 0 Å². The van der Waals surface area contributed by atoms with Crippen molar-refractivity contribution in [2.75, 3.05) is 19.6 Å². The number of nitrogens with zero attached hydrogens (tertiary/aromatic N) is 1. The number of unbranched alkanes of at least 4 members (excludes halogenated alkanes) is 13. The van der Waals surface area contributed by atoms with Crippen LogP contribution in [0.4, 0.5) is 0 Å². The highest BCUT2D eigenvalue weighted by Crippen LogP contribution is 2.20. The number of aliphatic hydroxyl groups is 2. The fourth-order valence-electron chi connectivity index (χ4n) is 5.20. The predicted molar refractivity (Wildman–Crippen MR) is 139 cm³/mol. The molecule has 0 radical (unpaired) electrons. The largest absolute Gasteiger partial charge is 0.388 e. The molecule has 0 aromatic heterocycles. The Balaban J connectivity index is 2.27. The Morgan fingerprint density at radius 3 is 1.44 bits per heavy atom. The maximum absolute atomic E-state index is 10.2. The first kappa shape index (κ1) is 29.1. The topological polar surface area (TPSA) is 40.5 Å². The van der Waals surface area contributed by atoms with Gasteiger partial charge >= 0.3 is 0 Å². The van der Waals surface area contributed by atoms with E-state index in [9.17, 15) is 10.2 Å². The van der Waals surface area contributed by atoms with Crippen LogP contribution in [-0.2, 0) is 6.54 Å². The summed E-state index contributed by atoms with van der Waals surface area (Å²) >= 11 is 0. The second-order valence-electron chi connectivity index (χ2n) is 10.4. The molecule has 3 heteroatoms. The first-order chi connectivity index (χ1) is 15.5. The van der Waals surface area contributed by atoms with Gasteiger partial charge in [0.1, 0.15) is 31.8 Å². The molecule has 2 N–H and O–H groups in total. The lowest BCUT2D eigenvalue weighted by Crippen LogP contribution is -2.54. The summed E-state index contributed by atoms with van der Waals surface area (Å²) in [4.78, 5) is 0. The Morgan fingerprint density at radius 2 is 1.03 bits per heavy atom. The van der Waals surface area contributed by atoms with Gasteiger partial charge in [0.2, 0.25) is 0 Å². The van der Waals surface area contributed by atoms with Crippen molar-refractivity contribution >= 4 is 0 Å². The monoisotopic (exact) mass is 448 g/mol. The number of hydrogen-bond acceptors (Lipinski definition) is 2. The third kappa shape index (κ3) is 15.0. The summed E-state index contributed by atoms with van der Waals surface area (Å²) in [7, 11) is 0. The molecule has 2 atom stereocenters. The lowest BCUT2D eigenvalue weighted by molar-refractivity contribution is -0.946. The summed E-state index contributed by atoms with van der Waals surface area (Å²) in [5.74, 6) is 0. The standard InChI is InChI=1S/C29H54NO2/c1-4-5-6-7-8-9-10-11-12-13-14-15-16-20-23-30(24-27(2)31,25-28(3)32)26-29-21-18-17-19-22-29/h17-19,21-22,27-28,31-32H,4-16,20,23-26H2,1-3H3/q+1. The summed E-state index contributed by atoms with van der Waals surface area (Å²) in [6.07, 6.45) is 18.4. The second kappa shape index (κ2) is 18.5. The van der Waals surface area contributed by atoms with Crippen LogP contribution in [0, 0.1) is 0 Å². The molecule has 1 aromatic carbocycles. The molecule has 3 nitrogen and oxygen atoms in total. The van der Waals surface area contributed by atoms with Crippen LogP contribution in [0.25, 0.3) is 0 Å². The van der Waals surface area contributed by atoms with Crippen LogP contribution in [0.2, 0.25) is 0 Å². The smallest absolute Gasteiger partial charge is 0.105 e. The molecule has 0 heterocycles. The average molecular weight is 449 g/mol. The van der Waals surface area contributed by atoms with Gasteiger partial charge in [0.05, 0.1) is 6.54 Å². The fraction of sp³-hybridized carbons (Fsp3) is 0.793. The number of benzene rings is 1. The van der Waals surface area contributed by atoms with Crippen molar-refractivity contribution in [3.63, 3.8) is 0 Å². The van der Waals surface area contributed by atoms with Crippen LogP contribution < -0.4 is 0 Å². The van der Waals surface area contributed by atoms with E-state index in [4.69, 9.17) is 0 Å². The van der Waals surface area contributed by atoms with E-state index < -0.39 is 0 Å². The molecule has 0 aliphatic heterocycles. The third-order valence-electron chi connectivity index (χ3n) is 6.65. The molecule has 186 valence electrons. The zero-order valence-corrected chi connectivity index (χ0v) is 21.6. The molecule has 0 aliphatic carbocycles. The number of hydrogen-bond donors (Lipinski definition) is 2. The average Bonchev–Trinajstić information content (AvgIpc) is 2.73. The van der Waals surface area contributed by atoms with E-state index in [-0.39, 0.29) is 12.2 Å². The summed E-state index contributed by atoms with van der Waals surface area (Å²) in [6.45, 7) is 9.37. The third-order valence-corrected chi connectivity index (χ3v) is 6.65. The molecular weight excluding hydrogens is 394 g/mol. The van der Waals surface area contributed by atoms with Crippen LogP contribution in [0.3, 0.4) is 0 Å². The van der Waals surface area contributed by atoms with Crippen LogP contribution in [0.15, 0.2) is 30.3 Å². The lowest BCUT2D eigenvalue weighted by Gasteiger charge is -2.41. The first-order valence-corrected chi connectivity index (χ1v) is 13.7. The highest BCUT2D eigenvalue weighted by molar-refractivity contribution is 5.13. The van der Waals surface area contributed by atoms with Gasteiger partial charge in [-0.2, -0.15) is 0 Å². The molecular formula is C29H54NO2+. The van der Waals surface area contributed by atoms with Gasteiger partial charge in [0.25, 0.3) is 0 Å². The van der Waals surface area contributed by atoms with Gasteiger partial charge < -0.3 is 14.7 Å². The Bertz CT molecular complexity index is 519. The van der Waals surface area contributed by atoms with Gasteiger partial charge in [-0.25, -0.2) is 0 Å². The van der Waals surface area contributed by atoms with Crippen molar-refractivity contribution in [2.24, 2.45) is 0 Å². The van der Waals surface area contributed by atoms with E-state index in [1.807, 2.05) is 13.8 Å².